The van der Waals surface area contributed by atoms with Gasteiger partial charge in [0.15, 0.2) is 5.96 Å². The summed E-state index contributed by atoms with van der Waals surface area (Å²) in [7, 11) is 3.44. The van der Waals surface area contributed by atoms with Gasteiger partial charge in [0.05, 0.1) is 7.11 Å². The topological polar surface area (TPSA) is 66.0 Å². The molecule has 2 N–H and O–H groups in total. The molecule has 0 bridgehead atoms. The van der Waals surface area contributed by atoms with Crippen molar-refractivity contribution in [1.29, 1.82) is 0 Å². The molecule has 1 aliphatic rings. The molecule has 1 aromatic carbocycles. The zero-order chi connectivity index (χ0) is 19.6. The molecule has 6 nitrogen and oxygen atoms in total. The number of amides is 1. The molecule has 28 heavy (non-hydrogen) atoms. The van der Waals surface area contributed by atoms with E-state index in [2.05, 4.69) is 40.7 Å². The standard InChI is InChI=1S/C21H34N4O2.HI/c1-16-6-5-13-25(15-16)20(26)10-12-24-21(22-3)23-11-9-18-8-7-17(2)19(14-18)27-4;/h7-8,14,16H,5-6,9-13,15H2,1-4H3,(H2,22,23,24);1H. The van der Waals surface area contributed by atoms with Gasteiger partial charge < -0.3 is 20.3 Å². The number of hydrogen-bond acceptors (Lipinski definition) is 3. The minimum atomic E-state index is 0. The number of rotatable bonds is 7. The number of aliphatic imine (C=N–C) groups is 1. The van der Waals surface area contributed by atoms with Crippen LogP contribution in [-0.4, -0.2) is 57.1 Å². The summed E-state index contributed by atoms with van der Waals surface area (Å²) in [6.45, 7) is 7.42. The summed E-state index contributed by atoms with van der Waals surface area (Å²) in [4.78, 5) is 18.5. The number of likely N-dealkylation sites (tertiary alicyclic amines) is 1. The summed E-state index contributed by atoms with van der Waals surface area (Å²) in [5.74, 6) is 2.50. The van der Waals surface area contributed by atoms with Crippen LogP contribution in [-0.2, 0) is 11.2 Å². The highest BCUT2D eigenvalue weighted by Crippen LogP contribution is 2.19. The zero-order valence-corrected chi connectivity index (χ0v) is 19.9. The highest BCUT2D eigenvalue weighted by molar-refractivity contribution is 14.0. The molecule has 1 aliphatic heterocycles. The van der Waals surface area contributed by atoms with Crippen LogP contribution >= 0.6 is 24.0 Å². The Hall–Kier alpha value is -1.51. The molecule has 0 spiro atoms. The molecule has 1 aromatic rings. The van der Waals surface area contributed by atoms with Crippen LogP contribution < -0.4 is 15.4 Å². The lowest BCUT2D eigenvalue weighted by Gasteiger charge is -2.31. The monoisotopic (exact) mass is 502 g/mol. The lowest BCUT2D eigenvalue weighted by molar-refractivity contribution is -0.132. The minimum Gasteiger partial charge on any atom is -0.496 e. The first-order valence-electron chi connectivity index (χ1n) is 9.89. The third-order valence-electron chi connectivity index (χ3n) is 5.04. The fraction of sp³-hybridized carbons (Fsp3) is 0.619. The van der Waals surface area contributed by atoms with Crippen molar-refractivity contribution < 1.29 is 9.53 Å². The Bertz CT molecular complexity index is 651. The smallest absolute Gasteiger partial charge is 0.224 e. The van der Waals surface area contributed by atoms with Gasteiger partial charge in [0.1, 0.15) is 5.75 Å². The third-order valence-corrected chi connectivity index (χ3v) is 5.04. The van der Waals surface area contributed by atoms with Gasteiger partial charge in [-0.3, -0.25) is 9.79 Å². The molecule has 1 unspecified atom stereocenters. The molecular weight excluding hydrogens is 467 g/mol. The first kappa shape index (κ1) is 24.5. The third kappa shape index (κ3) is 7.85. The highest BCUT2D eigenvalue weighted by Gasteiger charge is 2.20. The van der Waals surface area contributed by atoms with E-state index in [1.807, 2.05) is 11.8 Å². The molecular formula is C21H35IN4O2. The molecule has 0 aromatic heterocycles. The van der Waals surface area contributed by atoms with Gasteiger partial charge in [-0.2, -0.15) is 0 Å². The maximum atomic E-state index is 12.3. The molecule has 158 valence electrons. The summed E-state index contributed by atoms with van der Waals surface area (Å²) in [5, 5.41) is 6.54. The van der Waals surface area contributed by atoms with Crippen molar-refractivity contribution in [2.75, 3.05) is 40.3 Å². The van der Waals surface area contributed by atoms with Gasteiger partial charge in [0.2, 0.25) is 5.91 Å². The maximum absolute atomic E-state index is 12.3. The van der Waals surface area contributed by atoms with Gasteiger partial charge in [-0.15, -0.1) is 24.0 Å². The van der Waals surface area contributed by atoms with Crippen LogP contribution in [0.4, 0.5) is 0 Å². The molecule has 1 atom stereocenters. The van der Waals surface area contributed by atoms with E-state index in [4.69, 9.17) is 4.74 Å². The van der Waals surface area contributed by atoms with E-state index in [-0.39, 0.29) is 29.9 Å². The first-order chi connectivity index (χ1) is 13.0. The Morgan fingerprint density at radius 1 is 1.32 bits per heavy atom. The zero-order valence-electron chi connectivity index (χ0n) is 17.6. The van der Waals surface area contributed by atoms with Crippen molar-refractivity contribution in [3.63, 3.8) is 0 Å². The van der Waals surface area contributed by atoms with Gasteiger partial charge in [-0.25, -0.2) is 0 Å². The van der Waals surface area contributed by atoms with Crippen molar-refractivity contribution in [3.8, 4) is 5.75 Å². The molecule has 1 amide bonds. The second-order valence-electron chi connectivity index (χ2n) is 7.32. The van der Waals surface area contributed by atoms with E-state index < -0.39 is 0 Å². The van der Waals surface area contributed by atoms with Gasteiger partial charge in [0, 0.05) is 39.6 Å². The van der Waals surface area contributed by atoms with Crippen LogP contribution in [0.15, 0.2) is 23.2 Å². The number of carbonyl (C=O) groups excluding carboxylic acids is 1. The Kier molecular flexibility index (Phi) is 11.3. The average molecular weight is 502 g/mol. The number of benzene rings is 1. The van der Waals surface area contributed by atoms with Gasteiger partial charge in [0.25, 0.3) is 0 Å². The van der Waals surface area contributed by atoms with E-state index in [9.17, 15) is 4.79 Å². The van der Waals surface area contributed by atoms with Gasteiger partial charge in [-0.1, -0.05) is 19.1 Å². The van der Waals surface area contributed by atoms with Crippen molar-refractivity contribution in [1.82, 2.24) is 15.5 Å². The summed E-state index contributed by atoms with van der Waals surface area (Å²) in [6.07, 6.45) is 3.73. The maximum Gasteiger partial charge on any atom is 0.224 e. The fourth-order valence-corrected chi connectivity index (χ4v) is 3.43. The number of piperidine rings is 1. The SMILES string of the molecule is CN=C(NCCC(=O)N1CCCC(C)C1)NCCc1ccc(C)c(OC)c1.I. The summed E-state index contributed by atoms with van der Waals surface area (Å²) in [5.41, 5.74) is 2.36. The molecule has 1 heterocycles. The summed E-state index contributed by atoms with van der Waals surface area (Å²) >= 11 is 0. The van der Waals surface area contributed by atoms with Crippen molar-refractivity contribution in [2.24, 2.45) is 10.9 Å². The molecule has 7 heteroatoms. The van der Waals surface area contributed by atoms with Gasteiger partial charge in [-0.05, 0) is 49.3 Å². The molecule has 0 saturated carbocycles. The summed E-state index contributed by atoms with van der Waals surface area (Å²) in [6, 6.07) is 6.27. The largest absolute Gasteiger partial charge is 0.496 e. The van der Waals surface area contributed by atoms with Crippen LogP contribution in [0.25, 0.3) is 0 Å². The van der Waals surface area contributed by atoms with Crippen LogP contribution in [0.3, 0.4) is 0 Å². The fourth-order valence-electron chi connectivity index (χ4n) is 3.43. The number of nitrogens with zero attached hydrogens (tertiary/aromatic N) is 2. The molecule has 2 rings (SSSR count). The Morgan fingerprint density at radius 2 is 2.07 bits per heavy atom. The first-order valence-corrected chi connectivity index (χ1v) is 9.89. The van der Waals surface area contributed by atoms with Crippen LogP contribution in [0.1, 0.15) is 37.3 Å². The quantitative estimate of drug-likeness (QED) is 0.342. The molecule has 0 aliphatic carbocycles. The van der Waals surface area contributed by atoms with E-state index in [0.29, 0.717) is 18.9 Å². The Balaban J connectivity index is 0.00000392. The van der Waals surface area contributed by atoms with Crippen molar-refractivity contribution in [2.45, 2.75) is 39.5 Å². The predicted octanol–water partition coefficient (Wildman–Crippen LogP) is 2.98. The predicted molar refractivity (Wildman–Crippen MR) is 126 cm³/mol. The second-order valence-corrected chi connectivity index (χ2v) is 7.32. The number of carbonyl (C=O) groups is 1. The minimum absolute atomic E-state index is 0. The van der Waals surface area contributed by atoms with E-state index in [1.54, 1.807) is 14.2 Å². The molecule has 1 fully saturated rings. The number of hydrogen-bond donors (Lipinski definition) is 2. The number of ether oxygens (including phenoxy) is 1. The average Bonchev–Trinajstić information content (AvgIpc) is 2.67. The number of aryl methyl sites for hydroxylation is 1. The van der Waals surface area contributed by atoms with Crippen LogP contribution in [0, 0.1) is 12.8 Å². The van der Waals surface area contributed by atoms with E-state index >= 15 is 0 Å². The lowest BCUT2D eigenvalue weighted by Crippen LogP contribution is -2.42. The lowest BCUT2D eigenvalue weighted by atomic mass is 10.00. The van der Waals surface area contributed by atoms with E-state index in [1.165, 1.54) is 12.0 Å². The summed E-state index contributed by atoms with van der Waals surface area (Å²) < 4.78 is 5.37. The van der Waals surface area contributed by atoms with Crippen molar-refractivity contribution >= 4 is 35.8 Å². The highest BCUT2D eigenvalue weighted by atomic mass is 127. The second kappa shape index (κ2) is 12.9. The normalized spacial score (nSPS) is 16.9. The Labute approximate surface area is 186 Å². The van der Waals surface area contributed by atoms with Crippen molar-refractivity contribution in [3.05, 3.63) is 29.3 Å². The number of guanidine groups is 1. The molecule has 1 saturated heterocycles. The van der Waals surface area contributed by atoms with Crippen LogP contribution in [0.2, 0.25) is 0 Å². The number of nitrogens with one attached hydrogen (secondary N) is 2. The van der Waals surface area contributed by atoms with Gasteiger partial charge >= 0.3 is 0 Å². The van der Waals surface area contributed by atoms with E-state index in [0.717, 1.165) is 49.7 Å². The Morgan fingerprint density at radius 3 is 2.75 bits per heavy atom. The molecule has 0 radical (unpaired) electrons. The number of halogens is 1. The number of methoxy groups -OCH3 is 1. The van der Waals surface area contributed by atoms with Crippen LogP contribution in [0.5, 0.6) is 5.75 Å².